The van der Waals surface area contributed by atoms with Crippen molar-refractivity contribution in [3.63, 3.8) is 0 Å². The molecule has 8 heterocycles. The Bertz CT molecular complexity index is 1950. The summed E-state index contributed by atoms with van der Waals surface area (Å²) in [5.74, 6) is 0. The summed E-state index contributed by atoms with van der Waals surface area (Å²) in [6, 6.07) is 28.0. The molecule has 4 aromatic carbocycles. The lowest BCUT2D eigenvalue weighted by molar-refractivity contribution is -0.0106. The van der Waals surface area contributed by atoms with Crippen LogP contribution in [-0.4, -0.2) is 68.8 Å². The summed E-state index contributed by atoms with van der Waals surface area (Å²) in [6.07, 6.45) is 0. The Morgan fingerprint density at radius 1 is 0.388 bits per heavy atom. The standard InChI is InChI=1S/C38H48N2O5Si4/c1-46(2)27-9-13-35-31(21-27)32-23-29-11-15-36(32)39(35)25-42-19-17-41-18-20-43-26-40-37-14-10-28(47(3,4)44-46)22-33(37)34-24-30(12-16-38(34)40)49(7,8)45-48(29,5)6/h9-16,21-24H,17-20,25-26H2,1-8H3. The maximum Gasteiger partial charge on any atom is 0.206 e. The molecule has 0 saturated heterocycles. The highest BCUT2D eigenvalue weighted by atomic mass is 28.4. The minimum atomic E-state index is -2.35. The van der Waals surface area contributed by atoms with E-state index < -0.39 is 33.3 Å². The average molecular weight is 725 g/mol. The van der Waals surface area contributed by atoms with Crippen LogP contribution in [0.1, 0.15) is 0 Å². The lowest BCUT2D eigenvalue weighted by Crippen LogP contribution is -2.57. The van der Waals surface area contributed by atoms with Crippen molar-refractivity contribution in [3.8, 4) is 0 Å². The van der Waals surface area contributed by atoms with E-state index in [4.69, 9.17) is 22.4 Å². The first kappa shape index (κ1) is 33.3. The summed E-state index contributed by atoms with van der Waals surface area (Å²) >= 11 is 0. The van der Waals surface area contributed by atoms with Gasteiger partial charge >= 0.3 is 0 Å². The number of hydrogen-bond donors (Lipinski definition) is 0. The molecule has 0 spiro atoms. The first-order valence-electron chi connectivity index (χ1n) is 17.5. The van der Waals surface area contributed by atoms with E-state index in [1.165, 1.54) is 64.4 Å². The lowest BCUT2D eigenvalue weighted by atomic mass is 10.1. The predicted octanol–water partition coefficient (Wildman–Crippen LogP) is 6.28. The molecule has 0 atom stereocenters. The van der Waals surface area contributed by atoms with Crippen LogP contribution in [0, 0.1) is 0 Å². The summed E-state index contributed by atoms with van der Waals surface area (Å²) in [7, 11) is -9.39. The quantitative estimate of drug-likeness (QED) is 0.173. The van der Waals surface area contributed by atoms with Crippen LogP contribution in [0.15, 0.2) is 72.8 Å². The fraction of sp³-hybridized carbons (Fsp3) is 0.368. The maximum absolute atomic E-state index is 7.43. The van der Waals surface area contributed by atoms with Crippen LogP contribution in [0.2, 0.25) is 52.4 Å². The molecule has 0 unspecified atom stereocenters. The Balaban J connectivity index is 1.43. The second kappa shape index (κ2) is 11.9. The zero-order valence-electron chi connectivity index (χ0n) is 30.1. The van der Waals surface area contributed by atoms with Crippen molar-refractivity contribution < 1.29 is 22.4 Å². The molecule has 0 radical (unpaired) electrons. The number of nitrogens with zero attached hydrogens (tertiary/aromatic N) is 2. The Morgan fingerprint density at radius 2 is 0.653 bits per heavy atom. The molecule has 0 aliphatic carbocycles. The van der Waals surface area contributed by atoms with Gasteiger partial charge in [-0.3, -0.25) is 0 Å². The summed E-state index contributed by atoms with van der Waals surface area (Å²) in [5, 5.41) is 10.2. The van der Waals surface area contributed by atoms with Crippen LogP contribution in [0.5, 0.6) is 0 Å². The van der Waals surface area contributed by atoms with Gasteiger partial charge in [-0.2, -0.15) is 0 Å². The Hall–Kier alpha value is -2.85. The van der Waals surface area contributed by atoms with Gasteiger partial charge in [0.1, 0.15) is 13.5 Å². The predicted molar refractivity (Wildman–Crippen MR) is 212 cm³/mol. The molecule has 0 fully saturated rings. The van der Waals surface area contributed by atoms with E-state index in [1.54, 1.807) is 0 Å². The van der Waals surface area contributed by atoms with E-state index in [2.05, 4.69) is 134 Å². The molecule has 12 rings (SSSR count). The summed E-state index contributed by atoms with van der Waals surface area (Å²) in [5.41, 5.74) is 4.70. The number of hydrogen-bond acceptors (Lipinski definition) is 5. The van der Waals surface area contributed by atoms with E-state index in [1.807, 2.05) is 0 Å². The van der Waals surface area contributed by atoms with Crippen molar-refractivity contribution in [2.75, 3.05) is 26.4 Å². The second-order valence-corrected chi connectivity index (χ2v) is 31.7. The molecule has 6 aliphatic rings. The van der Waals surface area contributed by atoms with Gasteiger partial charge in [0.2, 0.25) is 33.3 Å². The van der Waals surface area contributed by atoms with E-state index in [0.29, 0.717) is 39.9 Å². The smallest absolute Gasteiger partial charge is 0.206 e. The molecule has 2 aromatic heterocycles. The SMILES string of the molecule is C[Si]1(C)O[Si](C)(C)c2ccc3c(c2)c2cc4ccc2n3COCCOCCOCn2c3ccc1cc3c1cc(ccc12)[Si](C)(C)O[Si]4(C)C. The first-order chi connectivity index (χ1) is 23.3. The number of aromatic nitrogens is 2. The van der Waals surface area contributed by atoms with Crippen LogP contribution in [0.4, 0.5) is 0 Å². The third kappa shape index (κ3) is 5.73. The highest BCUT2D eigenvalue weighted by Crippen LogP contribution is 2.33. The molecule has 0 saturated carbocycles. The van der Waals surface area contributed by atoms with Crippen LogP contribution in [0.3, 0.4) is 0 Å². The minimum absolute atomic E-state index is 0.456. The topological polar surface area (TPSA) is 56.0 Å². The third-order valence-corrected chi connectivity index (χ3v) is 25.7. The normalized spacial score (nSPS) is 20.8. The van der Waals surface area contributed by atoms with Crippen molar-refractivity contribution >= 4 is 97.6 Å². The van der Waals surface area contributed by atoms with Gasteiger partial charge in [-0.25, -0.2) is 0 Å². The van der Waals surface area contributed by atoms with Gasteiger partial charge in [0.25, 0.3) is 0 Å². The monoisotopic (exact) mass is 724 g/mol. The number of fused-ring (bicyclic) bond motifs is 2. The Kier molecular flexibility index (Phi) is 8.06. The van der Waals surface area contributed by atoms with Crippen LogP contribution in [-0.2, 0) is 35.9 Å². The summed E-state index contributed by atoms with van der Waals surface area (Å²) in [4.78, 5) is 0. The number of ether oxygens (including phenoxy) is 3. The molecule has 7 nitrogen and oxygen atoms in total. The molecule has 14 bridgehead atoms. The molecular weight excluding hydrogens is 677 g/mol. The maximum atomic E-state index is 7.43. The Morgan fingerprint density at radius 3 is 0.939 bits per heavy atom. The number of benzene rings is 4. The van der Waals surface area contributed by atoms with Gasteiger partial charge in [0, 0.05) is 21.5 Å². The van der Waals surface area contributed by atoms with Crippen LogP contribution < -0.4 is 20.7 Å². The molecule has 0 N–H and O–H groups in total. The summed E-state index contributed by atoms with van der Waals surface area (Å²) in [6.45, 7) is 21.8. The van der Waals surface area contributed by atoms with Gasteiger partial charge < -0.3 is 31.6 Å². The van der Waals surface area contributed by atoms with E-state index in [9.17, 15) is 0 Å². The molecule has 49 heavy (non-hydrogen) atoms. The van der Waals surface area contributed by atoms with E-state index in [-0.39, 0.29) is 0 Å². The minimum Gasteiger partial charge on any atom is -0.449 e. The van der Waals surface area contributed by atoms with Crippen molar-refractivity contribution in [2.45, 2.75) is 65.8 Å². The average Bonchev–Trinajstić information content (AvgIpc) is 3.53. The third-order valence-electron chi connectivity index (χ3n) is 10.7. The Labute approximate surface area is 293 Å². The van der Waals surface area contributed by atoms with Crippen molar-refractivity contribution in [2.24, 2.45) is 0 Å². The second-order valence-electron chi connectivity index (χ2n) is 15.7. The largest absolute Gasteiger partial charge is 0.449 e. The summed E-state index contributed by atoms with van der Waals surface area (Å²) < 4.78 is 37.9. The highest BCUT2D eigenvalue weighted by molar-refractivity contribution is 6.98. The number of rotatable bonds is 0. The van der Waals surface area contributed by atoms with Gasteiger partial charge in [0.05, 0.1) is 48.5 Å². The van der Waals surface area contributed by atoms with Crippen molar-refractivity contribution in [1.29, 1.82) is 0 Å². The van der Waals surface area contributed by atoms with E-state index >= 15 is 0 Å². The van der Waals surface area contributed by atoms with Crippen LogP contribution >= 0.6 is 0 Å². The molecule has 6 aromatic rings. The first-order valence-corrected chi connectivity index (χ1v) is 29.2. The van der Waals surface area contributed by atoms with E-state index in [0.717, 1.165) is 0 Å². The van der Waals surface area contributed by atoms with Crippen molar-refractivity contribution in [3.05, 3.63) is 72.8 Å². The zero-order chi connectivity index (χ0) is 34.3. The van der Waals surface area contributed by atoms with Gasteiger partial charge in [0.15, 0.2) is 0 Å². The molecular formula is C38H48N2O5Si4. The van der Waals surface area contributed by atoms with Gasteiger partial charge in [-0.15, -0.1) is 0 Å². The highest BCUT2D eigenvalue weighted by Gasteiger charge is 2.39. The van der Waals surface area contributed by atoms with Crippen molar-refractivity contribution in [1.82, 2.24) is 9.13 Å². The lowest BCUT2D eigenvalue weighted by Gasteiger charge is -2.35. The zero-order valence-corrected chi connectivity index (χ0v) is 34.1. The van der Waals surface area contributed by atoms with Gasteiger partial charge in [-0.1, -0.05) is 48.5 Å². The molecule has 11 heteroatoms. The molecule has 6 aliphatic heterocycles. The fourth-order valence-corrected chi connectivity index (χ4v) is 24.1. The van der Waals surface area contributed by atoms with Crippen LogP contribution in [0.25, 0.3) is 43.6 Å². The molecule has 256 valence electrons. The van der Waals surface area contributed by atoms with Gasteiger partial charge in [-0.05, 0) is 97.4 Å². The molecule has 0 amide bonds. The fourth-order valence-electron chi connectivity index (χ4n) is 8.15.